The van der Waals surface area contributed by atoms with Crippen molar-refractivity contribution in [2.45, 2.75) is 51.0 Å². The van der Waals surface area contributed by atoms with Crippen molar-refractivity contribution in [1.29, 1.82) is 0 Å². The third-order valence-corrected chi connectivity index (χ3v) is 5.86. The number of tetrazole rings is 1. The van der Waals surface area contributed by atoms with E-state index in [0.29, 0.717) is 5.92 Å². The van der Waals surface area contributed by atoms with Crippen LogP contribution in [0.1, 0.15) is 56.8 Å². The summed E-state index contributed by atoms with van der Waals surface area (Å²) in [6.07, 6.45) is 7.16. The van der Waals surface area contributed by atoms with Crippen LogP contribution in [-0.2, 0) is 0 Å². The Morgan fingerprint density at radius 3 is 2.40 bits per heavy atom. The standard InChI is InChI=1S/C15H25N5/c1-9(8-16-2)20-18-15(17-19-20)14-12-4-10-3-11(6-12)7-13(14)5-10/h9-14,16H,3-8H2,1-2H3. The van der Waals surface area contributed by atoms with Crippen LogP contribution < -0.4 is 5.32 Å². The number of hydrogen-bond donors (Lipinski definition) is 1. The molecule has 4 aliphatic rings. The first-order chi connectivity index (χ1) is 9.74. The van der Waals surface area contributed by atoms with Crippen molar-refractivity contribution >= 4 is 0 Å². The van der Waals surface area contributed by atoms with E-state index in [1.165, 1.54) is 32.1 Å². The van der Waals surface area contributed by atoms with Gasteiger partial charge in [0, 0.05) is 12.5 Å². The van der Waals surface area contributed by atoms with Gasteiger partial charge in [0.05, 0.1) is 6.04 Å². The average molecular weight is 275 g/mol. The van der Waals surface area contributed by atoms with Crippen molar-refractivity contribution in [3.05, 3.63) is 5.82 Å². The summed E-state index contributed by atoms with van der Waals surface area (Å²) in [4.78, 5) is 1.80. The Morgan fingerprint density at radius 2 is 1.80 bits per heavy atom. The highest BCUT2D eigenvalue weighted by molar-refractivity contribution is 5.09. The summed E-state index contributed by atoms with van der Waals surface area (Å²) >= 11 is 0. The Bertz CT molecular complexity index is 454. The van der Waals surface area contributed by atoms with E-state index in [4.69, 9.17) is 5.10 Å². The highest BCUT2D eigenvalue weighted by Crippen LogP contribution is 2.59. The highest BCUT2D eigenvalue weighted by atomic mass is 15.6. The second-order valence-corrected chi connectivity index (χ2v) is 7.33. The fraction of sp³-hybridized carbons (Fsp3) is 0.933. The molecule has 0 amide bonds. The van der Waals surface area contributed by atoms with E-state index < -0.39 is 0 Å². The maximum Gasteiger partial charge on any atom is 0.178 e. The van der Waals surface area contributed by atoms with Gasteiger partial charge in [-0.1, -0.05) is 0 Å². The first-order valence-corrected chi connectivity index (χ1v) is 8.18. The van der Waals surface area contributed by atoms with Gasteiger partial charge < -0.3 is 5.32 Å². The van der Waals surface area contributed by atoms with E-state index in [9.17, 15) is 0 Å². The Balaban J connectivity index is 1.56. The maximum atomic E-state index is 4.73. The molecule has 4 aliphatic carbocycles. The summed E-state index contributed by atoms with van der Waals surface area (Å²) in [5.74, 6) is 5.31. The van der Waals surface area contributed by atoms with E-state index in [1.54, 1.807) is 4.80 Å². The number of nitrogens with one attached hydrogen (secondary N) is 1. The first kappa shape index (κ1) is 12.7. The van der Waals surface area contributed by atoms with E-state index in [0.717, 1.165) is 36.0 Å². The summed E-state index contributed by atoms with van der Waals surface area (Å²) in [5, 5.41) is 16.6. The van der Waals surface area contributed by atoms with E-state index in [-0.39, 0.29) is 6.04 Å². The number of likely N-dealkylation sites (N-methyl/N-ethyl adjacent to an activating group) is 1. The van der Waals surface area contributed by atoms with Crippen LogP contribution in [-0.4, -0.2) is 33.8 Å². The average Bonchev–Trinajstić information content (AvgIpc) is 2.87. The van der Waals surface area contributed by atoms with Crippen LogP contribution in [0.5, 0.6) is 0 Å². The van der Waals surface area contributed by atoms with Gasteiger partial charge in [-0.25, -0.2) is 0 Å². The number of hydrogen-bond acceptors (Lipinski definition) is 4. The first-order valence-electron chi connectivity index (χ1n) is 8.18. The van der Waals surface area contributed by atoms with Gasteiger partial charge >= 0.3 is 0 Å². The van der Waals surface area contributed by atoms with Crippen molar-refractivity contribution < 1.29 is 0 Å². The molecule has 1 aromatic rings. The number of rotatable bonds is 4. The topological polar surface area (TPSA) is 55.6 Å². The van der Waals surface area contributed by atoms with Crippen LogP contribution in [0.2, 0.25) is 0 Å². The molecule has 5 heteroatoms. The van der Waals surface area contributed by atoms with Crippen LogP contribution in [0.25, 0.3) is 0 Å². The van der Waals surface area contributed by atoms with Gasteiger partial charge in [-0.3, -0.25) is 0 Å². The minimum absolute atomic E-state index is 0.276. The van der Waals surface area contributed by atoms with Crippen molar-refractivity contribution in [2.24, 2.45) is 23.7 Å². The second kappa shape index (κ2) is 4.79. The van der Waals surface area contributed by atoms with Crippen LogP contribution in [0, 0.1) is 23.7 Å². The molecular weight excluding hydrogens is 250 g/mol. The van der Waals surface area contributed by atoms with Crippen molar-refractivity contribution in [1.82, 2.24) is 25.5 Å². The minimum Gasteiger partial charge on any atom is -0.318 e. The normalized spacial score (nSPS) is 40.2. The lowest BCUT2D eigenvalue weighted by Gasteiger charge is -2.53. The molecule has 0 saturated heterocycles. The third-order valence-electron chi connectivity index (χ3n) is 5.86. The van der Waals surface area contributed by atoms with E-state index in [2.05, 4.69) is 22.6 Å². The number of nitrogens with zero attached hydrogens (tertiary/aromatic N) is 4. The van der Waals surface area contributed by atoms with Crippen LogP contribution in [0.3, 0.4) is 0 Å². The molecular formula is C15H25N5. The van der Waals surface area contributed by atoms with E-state index >= 15 is 0 Å². The zero-order valence-electron chi connectivity index (χ0n) is 12.5. The van der Waals surface area contributed by atoms with Crippen LogP contribution in [0.15, 0.2) is 0 Å². The molecule has 0 radical (unpaired) electrons. The zero-order chi connectivity index (χ0) is 13.7. The third kappa shape index (κ3) is 1.98. The fourth-order valence-corrected chi connectivity index (χ4v) is 5.28. The van der Waals surface area contributed by atoms with Gasteiger partial charge in [0.1, 0.15) is 0 Å². The molecule has 1 heterocycles. The quantitative estimate of drug-likeness (QED) is 0.913. The summed E-state index contributed by atoms with van der Waals surface area (Å²) in [6.45, 7) is 3.02. The molecule has 4 bridgehead atoms. The Labute approximate surface area is 120 Å². The Kier molecular flexibility index (Phi) is 3.05. The van der Waals surface area contributed by atoms with Crippen molar-refractivity contribution in [3.63, 3.8) is 0 Å². The summed E-state index contributed by atoms with van der Waals surface area (Å²) in [7, 11) is 1.96. The minimum atomic E-state index is 0.276. The molecule has 1 atom stereocenters. The van der Waals surface area contributed by atoms with Gasteiger partial charge in [-0.05, 0) is 75.0 Å². The predicted molar refractivity (Wildman–Crippen MR) is 76.2 cm³/mol. The largest absolute Gasteiger partial charge is 0.318 e. The number of aromatic nitrogens is 4. The van der Waals surface area contributed by atoms with Crippen LogP contribution in [0.4, 0.5) is 0 Å². The van der Waals surface area contributed by atoms with Crippen molar-refractivity contribution in [2.75, 3.05) is 13.6 Å². The molecule has 0 aromatic carbocycles. The summed E-state index contributed by atoms with van der Waals surface area (Å²) < 4.78 is 0. The van der Waals surface area contributed by atoms with Crippen molar-refractivity contribution in [3.8, 4) is 0 Å². The fourth-order valence-electron chi connectivity index (χ4n) is 5.28. The molecule has 0 aliphatic heterocycles. The lowest BCUT2D eigenvalue weighted by atomic mass is 9.52. The van der Waals surface area contributed by atoms with Gasteiger partial charge in [-0.15, -0.1) is 10.2 Å². The maximum absolute atomic E-state index is 4.73. The van der Waals surface area contributed by atoms with Gasteiger partial charge in [0.15, 0.2) is 5.82 Å². The smallest absolute Gasteiger partial charge is 0.178 e. The molecule has 0 spiro atoms. The lowest BCUT2D eigenvalue weighted by Crippen LogP contribution is -2.44. The predicted octanol–water partition coefficient (Wildman–Crippen LogP) is 1.99. The molecule has 4 saturated carbocycles. The van der Waals surface area contributed by atoms with Gasteiger partial charge in [-0.2, -0.15) is 4.80 Å². The Morgan fingerprint density at radius 1 is 1.15 bits per heavy atom. The Hall–Kier alpha value is -0.970. The molecule has 1 aromatic heterocycles. The molecule has 5 nitrogen and oxygen atoms in total. The lowest BCUT2D eigenvalue weighted by molar-refractivity contribution is -0.00578. The SMILES string of the molecule is CNCC(C)n1nnc(C2C3CC4CC(C3)CC2C4)n1. The second-order valence-electron chi connectivity index (χ2n) is 7.33. The van der Waals surface area contributed by atoms with E-state index in [1.807, 2.05) is 7.05 Å². The monoisotopic (exact) mass is 275 g/mol. The van der Waals surface area contributed by atoms with Gasteiger partial charge in [0.2, 0.25) is 0 Å². The molecule has 110 valence electrons. The summed E-state index contributed by atoms with van der Waals surface area (Å²) in [6, 6.07) is 0.276. The molecule has 4 fully saturated rings. The summed E-state index contributed by atoms with van der Waals surface area (Å²) in [5.41, 5.74) is 0. The molecule has 1 N–H and O–H groups in total. The zero-order valence-corrected chi connectivity index (χ0v) is 12.5. The van der Waals surface area contributed by atoms with Crippen LogP contribution >= 0.6 is 0 Å². The molecule has 20 heavy (non-hydrogen) atoms. The molecule has 5 rings (SSSR count). The molecule has 1 unspecified atom stereocenters. The van der Waals surface area contributed by atoms with Gasteiger partial charge in [0.25, 0.3) is 0 Å². The highest BCUT2D eigenvalue weighted by Gasteiger charge is 2.50.